The summed E-state index contributed by atoms with van der Waals surface area (Å²) in [5.74, 6) is -0.167. The molecule has 118 valence electrons. The van der Waals surface area contributed by atoms with Gasteiger partial charge < -0.3 is 4.57 Å². The highest BCUT2D eigenvalue weighted by molar-refractivity contribution is 7.92. The van der Waals surface area contributed by atoms with E-state index < -0.39 is 15.8 Å². The molecule has 1 aliphatic rings. The molecule has 1 atom stereocenters. The van der Waals surface area contributed by atoms with Gasteiger partial charge in [0.1, 0.15) is 5.82 Å². The molecule has 2 aromatic heterocycles. The van der Waals surface area contributed by atoms with Gasteiger partial charge in [-0.3, -0.25) is 0 Å². The van der Waals surface area contributed by atoms with Gasteiger partial charge in [-0.15, -0.1) is 0 Å². The number of anilines is 1. The van der Waals surface area contributed by atoms with Crippen molar-refractivity contribution in [2.24, 2.45) is 0 Å². The summed E-state index contributed by atoms with van der Waals surface area (Å²) in [5.41, 5.74) is 0. The third-order valence-corrected chi connectivity index (χ3v) is 5.57. The van der Waals surface area contributed by atoms with Crippen LogP contribution in [0.3, 0.4) is 0 Å². The van der Waals surface area contributed by atoms with Crippen molar-refractivity contribution in [3.05, 3.63) is 36.2 Å². The summed E-state index contributed by atoms with van der Waals surface area (Å²) in [6.07, 6.45) is 5.62. The average molecular weight is 324 g/mol. The van der Waals surface area contributed by atoms with Crippen LogP contribution < -0.4 is 4.31 Å². The fourth-order valence-corrected chi connectivity index (χ4v) is 3.77. The molecule has 0 saturated heterocycles. The van der Waals surface area contributed by atoms with Gasteiger partial charge in [0.2, 0.25) is 0 Å². The number of rotatable bonds is 3. The predicted molar refractivity (Wildman–Crippen MR) is 79.7 cm³/mol. The first-order chi connectivity index (χ1) is 10.4. The van der Waals surface area contributed by atoms with E-state index in [1.54, 1.807) is 0 Å². The number of nitrogens with zero attached hydrogens (tertiary/aromatic N) is 4. The molecule has 0 N–H and O–H groups in total. The first-order valence-corrected chi connectivity index (χ1v) is 8.52. The van der Waals surface area contributed by atoms with Crippen molar-refractivity contribution in [3.8, 4) is 0 Å². The molecule has 0 bridgehead atoms. The molecule has 0 amide bonds. The molecule has 3 rings (SSSR count). The number of pyridine rings is 1. The molecule has 6 nitrogen and oxygen atoms in total. The molecule has 0 radical (unpaired) electrons. The average Bonchev–Trinajstić information content (AvgIpc) is 2.93. The fraction of sp³-hybridized carbons (Fsp3) is 0.429. The number of halogens is 1. The Bertz CT molecular complexity index is 803. The number of aryl methyl sites for hydroxylation is 1. The van der Waals surface area contributed by atoms with E-state index in [0.29, 0.717) is 0 Å². The molecule has 0 spiro atoms. The van der Waals surface area contributed by atoms with Crippen molar-refractivity contribution in [1.82, 2.24) is 14.5 Å². The van der Waals surface area contributed by atoms with Gasteiger partial charge >= 0.3 is 0 Å². The second kappa shape index (κ2) is 5.35. The molecule has 0 saturated carbocycles. The Morgan fingerprint density at radius 1 is 1.45 bits per heavy atom. The summed E-state index contributed by atoms with van der Waals surface area (Å²) in [6.45, 7) is 2.03. The maximum absolute atomic E-state index is 13.8. The molecule has 22 heavy (non-hydrogen) atoms. The van der Waals surface area contributed by atoms with Crippen molar-refractivity contribution >= 4 is 15.8 Å². The number of fused-ring (bicyclic) bond motifs is 1. The highest BCUT2D eigenvalue weighted by atomic mass is 32.2. The smallest absolute Gasteiger partial charge is 0.284 e. The molecule has 0 aromatic carbocycles. The van der Waals surface area contributed by atoms with E-state index in [4.69, 9.17) is 0 Å². The van der Waals surface area contributed by atoms with E-state index in [9.17, 15) is 12.8 Å². The fourth-order valence-electron chi connectivity index (χ4n) is 2.66. The maximum atomic E-state index is 13.8. The van der Waals surface area contributed by atoms with Gasteiger partial charge in [0.25, 0.3) is 10.0 Å². The van der Waals surface area contributed by atoms with Crippen molar-refractivity contribution in [2.75, 3.05) is 11.4 Å². The van der Waals surface area contributed by atoms with Gasteiger partial charge in [0.05, 0.1) is 0 Å². The molecular formula is C14H17FN4O2S. The Morgan fingerprint density at radius 3 is 2.91 bits per heavy atom. The summed E-state index contributed by atoms with van der Waals surface area (Å²) in [7, 11) is -2.65. The number of imidazole rings is 1. The number of sulfonamides is 1. The first kappa shape index (κ1) is 15.0. The lowest BCUT2D eigenvalue weighted by molar-refractivity contribution is 0.425. The topological polar surface area (TPSA) is 68.1 Å². The maximum Gasteiger partial charge on any atom is 0.284 e. The minimum Gasteiger partial charge on any atom is -0.331 e. The molecule has 1 aliphatic heterocycles. The zero-order chi connectivity index (χ0) is 15.9. The molecule has 2 aromatic rings. The number of aromatic nitrogens is 3. The third-order valence-electron chi connectivity index (χ3n) is 3.95. The van der Waals surface area contributed by atoms with Crippen LogP contribution in [0.2, 0.25) is 0 Å². The van der Waals surface area contributed by atoms with E-state index in [0.717, 1.165) is 29.4 Å². The quantitative estimate of drug-likeness (QED) is 0.867. The summed E-state index contributed by atoms with van der Waals surface area (Å²) < 4.78 is 41.8. The molecular weight excluding hydrogens is 307 g/mol. The Kier molecular flexibility index (Phi) is 3.64. The van der Waals surface area contributed by atoms with Gasteiger partial charge in [0.15, 0.2) is 16.7 Å². The Hall–Kier alpha value is -1.96. The van der Waals surface area contributed by atoms with E-state index in [-0.39, 0.29) is 16.9 Å². The third kappa shape index (κ3) is 2.37. The van der Waals surface area contributed by atoms with Crippen LogP contribution in [0.5, 0.6) is 0 Å². The summed E-state index contributed by atoms with van der Waals surface area (Å²) in [5, 5.41) is -0.0659. The minimum atomic E-state index is -3.93. The zero-order valence-corrected chi connectivity index (χ0v) is 13.2. The normalized spacial score (nSPS) is 18.0. The van der Waals surface area contributed by atoms with Crippen LogP contribution in [0.15, 0.2) is 29.6 Å². The zero-order valence-electron chi connectivity index (χ0n) is 12.4. The summed E-state index contributed by atoms with van der Waals surface area (Å²) in [4.78, 5) is 8.04. The second-order valence-corrected chi connectivity index (χ2v) is 7.34. The monoisotopic (exact) mass is 324 g/mol. The van der Waals surface area contributed by atoms with Gasteiger partial charge in [-0.05, 0) is 31.9 Å². The SMILES string of the molecule is CC1CCCc2nc(S(=O)(=O)N(C)c3ncccc3F)cn21. The standard InChI is InChI=1S/C14H17FN4O2S/c1-10-5-3-7-12-17-13(9-19(10)12)22(20,21)18(2)14-11(15)6-4-8-16-14/h4,6,8-10H,3,5,7H2,1-2H3. The van der Waals surface area contributed by atoms with E-state index in [1.807, 2.05) is 11.5 Å². The first-order valence-electron chi connectivity index (χ1n) is 7.08. The molecule has 0 aliphatic carbocycles. The molecule has 1 unspecified atom stereocenters. The van der Waals surface area contributed by atoms with Crippen LogP contribution in [0.25, 0.3) is 0 Å². The van der Waals surface area contributed by atoms with Crippen LogP contribution in [-0.2, 0) is 16.4 Å². The number of hydrogen-bond acceptors (Lipinski definition) is 4. The lowest BCUT2D eigenvalue weighted by Gasteiger charge is -2.20. The van der Waals surface area contributed by atoms with Crippen LogP contribution in [0, 0.1) is 5.82 Å². The van der Waals surface area contributed by atoms with E-state index in [2.05, 4.69) is 9.97 Å². The van der Waals surface area contributed by atoms with Gasteiger partial charge in [-0.1, -0.05) is 0 Å². The van der Waals surface area contributed by atoms with Gasteiger partial charge in [-0.25, -0.2) is 18.7 Å². The van der Waals surface area contributed by atoms with Crippen LogP contribution in [-0.4, -0.2) is 30.0 Å². The van der Waals surface area contributed by atoms with Crippen molar-refractivity contribution < 1.29 is 12.8 Å². The summed E-state index contributed by atoms with van der Waals surface area (Å²) >= 11 is 0. The van der Waals surface area contributed by atoms with Crippen LogP contribution >= 0.6 is 0 Å². The Labute approximate surface area is 128 Å². The van der Waals surface area contributed by atoms with Crippen molar-refractivity contribution in [2.45, 2.75) is 37.3 Å². The van der Waals surface area contributed by atoms with Crippen molar-refractivity contribution in [3.63, 3.8) is 0 Å². The molecule has 0 fully saturated rings. The lowest BCUT2D eigenvalue weighted by Crippen LogP contribution is -2.28. The Balaban J connectivity index is 2.02. The van der Waals surface area contributed by atoms with Crippen LogP contribution in [0.4, 0.5) is 10.2 Å². The number of hydrogen-bond donors (Lipinski definition) is 0. The van der Waals surface area contributed by atoms with E-state index in [1.165, 1.54) is 31.6 Å². The highest BCUT2D eigenvalue weighted by Gasteiger charge is 2.29. The van der Waals surface area contributed by atoms with Gasteiger partial charge in [-0.2, -0.15) is 8.42 Å². The molecule has 8 heteroatoms. The Morgan fingerprint density at radius 2 is 2.23 bits per heavy atom. The van der Waals surface area contributed by atoms with Crippen LogP contribution in [0.1, 0.15) is 31.6 Å². The molecule has 3 heterocycles. The van der Waals surface area contributed by atoms with Crippen molar-refractivity contribution in [1.29, 1.82) is 0 Å². The second-order valence-electron chi connectivity index (χ2n) is 5.43. The largest absolute Gasteiger partial charge is 0.331 e. The van der Waals surface area contributed by atoms with Gasteiger partial charge in [0, 0.05) is 31.9 Å². The van der Waals surface area contributed by atoms with E-state index >= 15 is 0 Å². The minimum absolute atomic E-state index is 0.0659. The summed E-state index contributed by atoms with van der Waals surface area (Å²) in [6, 6.07) is 2.81. The lowest BCUT2D eigenvalue weighted by atomic mass is 10.1. The predicted octanol–water partition coefficient (Wildman–Crippen LogP) is 2.14. The highest BCUT2D eigenvalue weighted by Crippen LogP contribution is 2.28.